The number of hydrogen-bond donors (Lipinski definition) is 1. The highest BCUT2D eigenvalue weighted by Crippen LogP contribution is 2.27. The summed E-state index contributed by atoms with van der Waals surface area (Å²) in [5, 5.41) is 3.02. The third-order valence-electron chi connectivity index (χ3n) is 9.34. The SMILES string of the molecule is COc1ccc(CN2C(=O)CCN(c3cnc4cc(N5CCN(CCN6CCC(NC(=O)OC(C)(C)C)CC6)CC5)ccn34)C2=O)cc1. The second-order valence-corrected chi connectivity index (χ2v) is 13.8. The molecule has 6 rings (SSSR count). The van der Waals surface area contributed by atoms with Crippen LogP contribution < -0.4 is 19.9 Å². The van der Waals surface area contributed by atoms with Crippen LogP contribution in [0.15, 0.2) is 48.8 Å². The molecule has 0 bridgehead atoms. The van der Waals surface area contributed by atoms with E-state index in [0.29, 0.717) is 12.4 Å². The largest absolute Gasteiger partial charge is 0.497 e. The second-order valence-electron chi connectivity index (χ2n) is 13.8. The standard InChI is InChI=1S/C35H48N8O5/c1-35(2,3)48-33(45)37-27-9-13-38(14-10-27)17-18-39-19-21-40(22-20-39)28-11-15-41-30(23-28)36-24-31(41)42-16-12-32(44)43(34(42)46)25-26-5-7-29(47-4)8-6-26/h5-8,11,15,23-24,27H,9-10,12-14,16-22,25H2,1-4H3,(H,37,45). The number of rotatable bonds is 9. The first-order valence-electron chi connectivity index (χ1n) is 17.0. The molecular weight excluding hydrogens is 612 g/mol. The van der Waals surface area contributed by atoms with Crippen molar-refractivity contribution in [2.75, 3.05) is 75.8 Å². The van der Waals surface area contributed by atoms with Crippen LogP contribution >= 0.6 is 0 Å². The first-order valence-corrected chi connectivity index (χ1v) is 17.0. The molecule has 48 heavy (non-hydrogen) atoms. The van der Waals surface area contributed by atoms with Gasteiger partial charge in [0, 0.05) is 89.3 Å². The number of imidazole rings is 1. The van der Waals surface area contributed by atoms with Gasteiger partial charge in [-0.1, -0.05) is 12.1 Å². The van der Waals surface area contributed by atoms with Crippen LogP contribution in [-0.4, -0.2) is 120 Å². The van der Waals surface area contributed by atoms with Gasteiger partial charge in [-0.05, 0) is 57.4 Å². The topological polar surface area (TPSA) is 115 Å². The third-order valence-corrected chi connectivity index (χ3v) is 9.34. The monoisotopic (exact) mass is 660 g/mol. The number of carbonyl (C=O) groups excluding carboxylic acids is 3. The summed E-state index contributed by atoms with van der Waals surface area (Å²) in [6.45, 7) is 14.0. The molecule has 4 amide bonds. The van der Waals surface area contributed by atoms with Crippen molar-refractivity contribution in [1.29, 1.82) is 0 Å². The van der Waals surface area contributed by atoms with Crippen molar-refractivity contribution in [1.82, 2.24) is 29.4 Å². The van der Waals surface area contributed by atoms with E-state index in [-0.39, 0.29) is 37.0 Å². The molecule has 3 aliphatic heterocycles. The van der Waals surface area contributed by atoms with Gasteiger partial charge in [-0.2, -0.15) is 0 Å². The third kappa shape index (κ3) is 8.01. The minimum Gasteiger partial charge on any atom is -0.497 e. The number of carbonyl (C=O) groups is 3. The maximum absolute atomic E-state index is 13.5. The fourth-order valence-electron chi connectivity index (χ4n) is 6.61. The average Bonchev–Trinajstić information content (AvgIpc) is 3.49. The van der Waals surface area contributed by atoms with E-state index >= 15 is 0 Å². The van der Waals surface area contributed by atoms with Crippen molar-refractivity contribution < 1.29 is 23.9 Å². The highest BCUT2D eigenvalue weighted by atomic mass is 16.6. The maximum atomic E-state index is 13.5. The molecule has 3 fully saturated rings. The molecule has 3 aliphatic rings. The van der Waals surface area contributed by atoms with Gasteiger partial charge in [-0.15, -0.1) is 0 Å². The summed E-state index contributed by atoms with van der Waals surface area (Å²) in [5.74, 6) is 1.20. The average molecular weight is 661 g/mol. The lowest BCUT2D eigenvalue weighted by Gasteiger charge is -2.38. The fourth-order valence-corrected chi connectivity index (χ4v) is 6.61. The molecule has 13 heteroatoms. The molecule has 5 heterocycles. The first-order chi connectivity index (χ1) is 23.1. The highest BCUT2D eigenvalue weighted by molar-refractivity contribution is 6.05. The summed E-state index contributed by atoms with van der Waals surface area (Å²) in [6.07, 6.45) is 5.49. The number of piperazine rings is 1. The van der Waals surface area contributed by atoms with Gasteiger partial charge in [-0.25, -0.2) is 14.6 Å². The zero-order valence-corrected chi connectivity index (χ0v) is 28.6. The summed E-state index contributed by atoms with van der Waals surface area (Å²) in [5.41, 5.74) is 2.25. The van der Waals surface area contributed by atoms with Crippen LogP contribution in [0.5, 0.6) is 5.75 Å². The van der Waals surface area contributed by atoms with E-state index in [2.05, 4.69) is 37.1 Å². The van der Waals surface area contributed by atoms with E-state index in [4.69, 9.17) is 9.47 Å². The van der Waals surface area contributed by atoms with Crippen LogP contribution in [0.25, 0.3) is 5.65 Å². The number of alkyl carbamates (subject to hydrolysis) is 1. The van der Waals surface area contributed by atoms with Crippen LogP contribution in [0.3, 0.4) is 0 Å². The van der Waals surface area contributed by atoms with Gasteiger partial charge in [0.2, 0.25) is 5.91 Å². The lowest BCUT2D eigenvalue weighted by Crippen LogP contribution is -2.52. The first kappa shape index (κ1) is 33.5. The zero-order valence-electron chi connectivity index (χ0n) is 28.6. The predicted octanol–water partition coefficient (Wildman–Crippen LogP) is 3.81. The summed E-state index contributed by atoms with van der Waals surface area (Å²) in [7, 11) is 1.61. The fraction of sp³-hybridized carbons (Fsp3) is 0.543. The molecule has 258 valence electrons. The molecule has 0 atom stereocenters. The van der Waals surface area contributed by atoms with Crippen molar-refractivity contribution in [2.45, 2.75) is 58.2 Å². The van der Waals surface area contributed by atoms with E-state index in [9.17, 15) is 14.4 Å². The Labute approximate surface area is 282 Å². The van der Waals surface area contributed by atoms with Crippen LogP contribution in [0.2, 0.25) is 0 Å². The summed E-state index contributed by atoms with van der Waals surface area (Å²) in [4.78, 5) is 53.4. The number of fused-ring (bicyclic) bond motifs is 1. The molecule has 3 saturated heterocycles. The van der Waals surface area contributed by atoms with Gasteiger partial charge in [0.05, 0.1) is 19.9 Å². The number of nitrogens with zero attached hydrogens (tertiary/aromatic N) is 7. The number of pyridine rings is 1. The molecule has 0 unspecified atom stereocenters. The lowest BCUT2D eigenvalue weighted by molar-refractivity contribution is -0.129. The molecule has 13 nitrogen and oxygen atoms in total. The summed E-state index contributed by atoms with van der Waals surface area (Å²) < 4.78 is 12.6. The molecular formula is C35H48N8O5. The Kier molecular flexibility index (Phi) is 10.1. The summed E-state index contributed by atoms with van der Waals surface area (Å²) >= 11 is 0. The van der Waals surface area contributed by atoms with Gasteiger partial charge < -0.3 is 24.6 Å². The number of hydrogen-bond acceptors (Lipinski definition) is 9. The quantitative estimate of drug-likeness (QED) is 0.366. The Morgan fingerprint density at radius 1 is 0.938 bits per heavy atom. The number of aromatic nitrogens is 2. The van der Waals surface area contributed by atoms with Gasteiger partial charge in [-0.3, -0.25) is 23.9 Å². The number of anilines is 2. The Hall–Kier alpha value is -4.36. The Balaban J connectivity index is 0.982. The van der Waals surface area contributed by atoms with Crippen LogP contribution in [0.1, 0.15) is 45.6 Å². The minimum atomic E-state index is -0.481. The van der Waals surface area contributed by atoms with E-state index in [1.54, 1.807) is 18.2 Å². The van der Waals surface area contributed by atoms with Gasteiger partial charge in [0.1, 0.15) is 22.8 Å². The van der Waals surface area contributed by atoms with Crippen LogP contribution in [0, 0.1) is 0 Å². The van der Waals surface area contributed by atoms with Crippen LogP contribution in [0.4, 0.5) is 21.1 Å². The number of methoxy groups -OCH3 is 1. The van der Waals surface area contributed by atoms with Gasteiger partial charge in [0.15, 0.2) is 0 Å². The Bertz CT molecular complexity index is 1590. The molecule has 3 aromatic rings. The molecule has 0 saturated carbocycles. The Morgan fingerprint density at radius 2 is 1.62 bits per heavy atom. The maximum Gasteiger partial charge on any atom is 0.407 e. The van der Waals surface area contributed by atoms with Gasteiger partial charge >= 0.3 is 12.1 Å². The van der Waals surface area contributed by atoms with E-state index in [0.717, 1.165) is 87.8 Å². The number of piperidine rings is 1. The van der Waals surface area contributed by atoms with Crippen molar-refractivity contribution in [3.8, 4) is 5.75 Å². The Morgan fingerprint density at radius 3 is 2.29 bits per heavy atom. The number of ether oxygens (including phenoxy) is 2. The molecule has 1 aromatic carbocycles. The molecule has 2 aromatic heterocycles. The number of benzene rings is 1. The normalized spacial score (nSPS) is 18.9. The number of nitrogens with one attached hydrogen (secondary N) is 1. The van der Waals surface area contributed by atoms with Crippen molar-refractivity contribution in [2.24, 2.45) is 0 Å². The minimum absolute atomic E-state index is 0.174. The molecule has 0 aliphatic carbocycles. The smallest absolute Gasteiger partial charge is 0.407 e. The van der Waals surface area contributed by atoms with E-state index in [1.165, 1.54) is 4.90 Å². The van der Waals surface area contributed by atoms with E-state index < -0.39 is 5.60 Å². The molecule has 0 radical (unpaired) electrons. The van der Waals surface area contributed by atoms with Crippen molar-refractivity contribution >= 4 is 35.2 Å². The van der Waals surface area contributed by atoms with Gasteiger partial charge in [0.25, 0.3) is 0 Å². The summed E-state index contributed by atoms with van der Waals surface area (Å²) in [6, 6.07) is 11.4. The molecule has 1 N–H and O–H groups in total. The van der Waals surface area contributed by atoms with E-state index in [1.807, 2.05) is 55.6 Å². The molecule has 0 spiro atoms. The number of amides is 4. The van der Waals surface area contributed by atoms with Crippen LogP contribution in [-0.2, 0) is 16.1 Å². The zero-order chi connectivity index (χ0) is 33.8. The highest BCUT2D eigenvalue weighted by Gasteiger charge is 2.34. The van der Waals surface area contributed by atoms with Crippen molar-refractivity contribution in [3.05, 3.63) is 54.4 Å². The lowest BCUT2D eigenvalue weighted by atomic mass is 10.1. The predicted molar refractivity (Wildman–Crippen MR) is 184 cm³/mol. The number of likely N-dealkylation sites (tertiary alicyclic amines) is 1. The number of urea groups is 1. The second kappa shape index (κ2) is 14.4. The number of imide groups is 1. The van der Waals surface area contributed by atoms with Crippen molar-refractivity contribution in [3.63, 3.8) is 0 Å².